The fraction of sp³-hybridized carbons (Fsp3) is 0.417. The second-order valence-corrected chi connectivity index (χ2v) is 8.62. The number of amides is 1. The predicted molar refractivity (Wildman–Crippen MR) is 118 cm³/mol. The number of hydrogen-bond acceptors (Lipinski definition) is 5. The molecule has 1 amide bonds. The maximum atomic E-state index is 12.9. The van der Waals surface area contributed by atoms with Gasteiger partial charge in [-0.25, -0.2) is 0 Å². The summed E-state index contributed by atoms with van der Waals surface area (Å²) in [5.74, 6) is 2.87. The van der Waals surface area contributed by atoms with Gasteiger partial charge in [0.2, 0.25) is 11.7 Å². The molecule has 2 saturated carbocycles. The van der Waals surface area contributed by atoms with Crippen LogP contribution < -0.4 is 10.1 Å². The highest BCUT2D eigenvalue weighted by Gasteiger charge is 2.47. The molecule has 0 radical (unpaired) electrons. The molecule has 0 bridgehead atoms. The van der Waals surface area contributed by atoms with Crippen molar-refractivity contribution in [1.29, 1.82) is 0 Å². The van der Waals surface area contributed by atoms with Gasteiger partial charge in [0.15, 0.2) is 0 Å². The Labute approximate surface area is 181 Å². The number of aromatic nitrogens is 4. The van der Waals surface area contributed by atoms with Gasteiger partial charge >= 0.3 is 0 Å². The molecule has 1 heterocycles. The van der Waals surface area contributed by atoms with E-state index in [1.54, 1.807) is 7.11 Å². The Bertz CT molecular complexity index is 1040. The maximum Gasteiger partial charge on any atom is 0.227 e. The summed E-state index contributed by atoms with van der Waals surface area (Å²) in [7, 11) is 1.65. The zero-order valence-corrected chi connectivity index (χ0v) is 17.7. The van der Waals surface area contributed by atoms with Crippen LogP contribution in [0.2, 0.25) is 0 Å². The second kappa shape index (κ2) is 8.49. The smallest absolute Gasteiger partial charge is 0.227 e. The summed E-state index contributed by atoms with van der Waals surface area (Å²) in [6, 6.07) is 13.7. The molecule has 2 aromatic carbocycles. The number of nitrogens with one attached hydrogen (secondary N) is 2. The molecule has 0 aliphatic heterocycles. The van der Waals surface area contributed by atoms with Crippen LogP contribution in [0.4, 0.5) is 5.69 Å². The van der Waals surface area contributed by atoms with Crippen molar-refractivity contribution in [2.75, 3.05) is 12.4 Å². The lowest BCUT2D eigenvalue weighted by Crippen LogP contribution is -2.18. The Morgan fingerprint density at radius 2 is 1.87 bits per heavy atom. The molecule has 31 heavy (non-hydrogen) atoms. The highest BCUT2D eigenvalue weighted by atomic mass is 16.5. The van der Waals surface area contributed by atoms with E-state index in [1.807, 2.05) is 42.5 Å². The monoisotopic (exact) mass is 417 g/mol. The van der Waals surface area contributed by atoms with Gasteiger partial charge in [-0.15, -0.1) is 10.2 Å². The molecule has 2 aliphatic rings. The lowest BCUT2D eigenvalue weighted by molar-refractivity contribution is -0.117. The third-order valence-electron chi connectivity index (χ3n) is 6.71. The molecule has 7 heteroatoms. The topological polar surface area (TPSA) is 92.8 Å². The first-order valence-electron chi connectivity index (χ1n) is 11.1. The summed E-state index contributed by atoms with van der Waals surface area (Å²) in [4.78, 5) is 12.9. The number of methoxy groups -OCH3 is 1. The molecule has 0 unspecified atom stereocenters. The molecule has 160 valence electrons. The number of H-pyrrole nitrogens is 1. The van der Waals surface area contributed by atoms with Crippen LogP contribution in [0.3, 0.4) is 0 Å². The van der Waals surface area contributed by atoms with Gasteiger partial charge in [-0.3, -0.25) is 4.79 Å². The first-order chi connectivity index (χ1) is 15.2. The summed E-state index contributed by atoms with van der Waals surface area (Å²) in [5, 5.41) is 17.7. The number of ether oxygens (including phenoxy) is 1. The highest BCUT2D eigenvalue weighted by molar-refractivity contribution is 5.96. The highest BCUT2D eigenvalue weighted by Crippen LogP contribution is 2.49. The Morgan fingerprint density at radius 3 is 2.58 bits per heavy atom. The van der Waals surface area contributed by atoms with E-state index in [9.17, 15) is 4.79 Å². The summed E-state index contributed by atoms with van der Waals surface area (Å²) in [6.07, 6.45) is 7.57. The van der Waals surface area contributed by atoms with E-state index in [2.05, 4.69) is 25.9 Å². The number of tetrazole rings is 1. The van der Waals surface area contributed by atoms with Crippen molar-refractivity contribution >= 4 is 11.6 Å². The normalized spacial score (nSPS) is 20.9. The van der Waals surface area contributed by atoms with E-state index >= 15 is 0 Å². The van der Waals surface area contributed by atoms with E-state index in [1.165, 1.54) is 32.1 Å². The molecule has 0 spiro atoms. The van der Waals surface area contributed by atoms with Crippen molar-refractivity contribution in [3.63, 3.8) is 0 Å². The minimum absolute atomic E-state index is 0.131. The molecule has 0 saturated heterocycles. The van der Waals surface area contributed by atoms with Gasteiger partial charge in [0.05, 0.1) is 7.11 Å². The maximum absolute atomic E-state index is 12.9. The predicted octanol–water partition coefficient (Wildman–Crippen LogP) is 4.70. The van der Waals surface area contributed by atoms with E-state index in [-0.39, 0.29) is 11.8 Å². The molecule has 3 aromatic rings. The van der Waals surface area contributed by atoms with E-state index in [4.69, 9.17) is 4.74 Å². The number of benzene rings is 2. The number of rotatable bonds is 6. The standard InChI is InChI=1S/C24H27N5O2/c1-31-18-10-7-16(8-11-18)19-12-9-17(13-21(19)23-26-28-29-27-23)25-24(30)22-14-20(22)15-5-3-2-4-6-15/h7-13,15,20,22H,2-6,14H2,1H3,(H,25,30)(H,26,27,28,29)/t20-,22+/m0/s1. The van der Waals surface area contributed by atoms with Crippen LogP contribution >= 0.6 is 0 Å². The van der Waals surface area contributed by atoms with Crippen molar-refractivity contribution < 1.29 is 9.53 Å². The minimum Gasteiger partial charge on any atom is -0.497 e. The summed E-state index contributed by atoms with van der Waals surface area (Å²) >= 11 is 0. The minimum atomic E-state index is 0.131. The molecule has 2 aliphatic carbocycles. The van der Waals surface area contributed by atoms with E-state index in [0.29, 0.717) is 11.7 Å². The molecule has 2 N–H and O–H groups in total. The Hall–Kier alpha value is -3.22. The zero-order valence-electron chi connectivity index (χ0n) is 17.7. The van der Waals surface area contributed by atoms with Gasteiger partial charge in [-0.05, 0) is 58.9 Å². The van der Waals surface area contributed by atoms with Crippen molar-refractivity contribution in [3.8, 4) is 28.3 Å². The van der Waals surface area contributed by atoms with Crippen LogP contribution in [-0.4, -0.2) is 33.6 Å². The van der Waals surface area contributed by atoms with Crippen LogP contribution in [0.5, 0.6) is 5.75 Å². The van der Waals surface area contributed by atoms with Crippen LogP contribution in [0.1, 0.15) is 38.5 Å². The van der Waals surface area contributed by atoms with Crippen molar-refractivity contribution in [1.82, 2.24) is 20.6 Å². The Kier molecular flexibility index (Phi) is 5.40. The molecule has 5 rings (SSSR count). The largest absolute Gasteiger partial charge is 0.497 e. The Balaban J connectivity index is 1.36. The molecule has 7 nitrogen and oxygen atoms in total. The first-order valence-corrected chi connectivity index (χ1v) is 11.1. The second-order valence-electron chi connectivity index (χ2n) is 8.62. The number of nitrogens with zero attached hydrogens (tertiary/aromatic N) is 3. The van der Waals surface area contributed by atoms with Crippen LogP contribution in [0, 0.1) is 17.8 Å². The van der Waals surface area contributed by atoms with E-state index in [0.717, 1.165) is 40.5 Å². The number of hydrogen-bond donors (Lipinski definition) is 2. The average molecular weight is 418 g/mol. The quantitative estimate of drug-likeness (QED) is 0.607. The van der Waals surface area contributed by atoms with Gasteiger partial charge in [0, 0.05) is 17.2 Å². The third-order valence-corrected chi connectivity index (χ3v) is 6.71. The van der Waals surface area contributed by atoms with Crippen molar-refractivity contribution in [2.45, 2.75) is 38.5 Å². The molecule has 1 aromatic heterocycles. The fourth-order valence-corrected chi connectivity index (χ4v) is 4.94. The van der Waals surface area contributed by atoms with Gasteiger partial charge in [-0.2, -0.15) is 5.21 Å². The van der Waals surface area contributed by atoms with Crippen LogP contribution in [0.25, 0.3) is 22.5 Å². The molecule has 2 atom stereocenters. The van der Waals surface area contributed by atoms with Gasteiger partial charge < -0.3 is 10.1 Å². The SMILES string of the molecule is COc1ccc(-c2ccc(NC(=O)[C@@H]3C[C@H]3C3CCCCC3)cc2-c2nn[nH]n2)cc1. The average Bonchev–Trinajstić information content (AvgIpc) is 3.45. The first kappa shape index (κ1) is 19.7. The summed E-state index contributed by atoms with van der Waals surface area (Å²) in [5.41, 5.74) is 3.55. The van der Waals surface area contributed by atoms with E-state index < -0.39 is 0 Å². The molecular formula is C24H27N5O2. The van der Waals surface area contributed by atoms with Gasteiger partial charge in [-0.1, -0.05) is 50.3 Å². The lowest BCUT2D eigenvalue weighted by atomic mass is 9.85. The van der Waals surface area contributed by atoms with Crippen molar-refractivity contribution in [3.05, 3.63) is 42.5 Å². The number of aromatic amines is 1. The van der Waals surface area contributed by atoms with Crippen LogP contribution in [-0.2, 0) is 4.79 Å². The summed E-state index contributed by atoms with van der Waals surface area (Å²) < 4.78 is 5.26. The van der Waals surface area contributed by atoms with Crippen molar-refractivity contribution in [2.24, 2.45) is 17.8 Å². The fourth-order valence-electron chi connectivity index (χ4n) is 4.94. The molecule has 2 fully saturated rings. The van der Waals surface area contributed by atoms with Crippen LogP contribution in [0.15, 0.2) is 42.5 Å². The molecular weight excluding hydrogens is 390 g/mol. The van der Waals surface area contributed by atoms with Gasteiger partial charge in [0.1, 0.15) is 5.75 Å². The number of carbonyl (C=O) groups is 1. The van der Waals surface area contributed by atoms with Gasteiger partial charge in [0.25, 0.3) is 0 Å². The number of anilines is 1. The third kappa shape index (κ3) is 4.17. The number of carbonyl (C=O) groups excluding carboxylic acids is 1. The zero-order chi connectivity index (χ0) is 21.2. The lowest BCUT2D eigenvalue weighted by Gasteiger charge is -2.21. The summed E-state index contributed by atoms with van der Waals surface area (Å²) in [6.45, 7) is 0. The Morgan fingerprint density at radius 1 is 1.06 bits per heavy atom.